The molecule has 3 rings (SSSR count). The number of thioether (sulfide) groups is 1. The highest BCUT2D eigenvalue weighted by molar-refractivity contribution is 7.99. The van der Waals surface area contributed by atoms with Crippen molar-refractivity contribution in [3.05, 3.63) is 59.9 Å². The normalized spacial score (nSPS) is 11.5. The van der Waals surface area contributed by atoms with E-state index in [1.165, 1.54) is 11.8 Å². The van der Waals surface area contributed by atoms with Gasteiger partial charge >= 0.3 is 0 Å². The number of nitrogens with one attached hydrogen (secondary N) is 2. The van der Waals surface area contributed by atoms with Crippen LogP contribution in [-0.4, -0.2) is 46.6 Å². The van der Waals surface area contributed by atoms with Gasteiger partial charge in [-0.05, 0) is 55.8 Å². The Morgan fingerprint density at radius 3 is 2.18 bits per heavy atom. The average molecular weight is 484 g/mol. The minimum Gasteiger partial charge on any atom is -0.497 e. The highest BCUT2D eigenvalue weighted by Gasteiger charge is 2.20. The molecule has 0 spiro atoms. The van der Waals surface area contributed by atoms with Crippen molar-refractivity contribution in [3.8, 4) is 11.5 Å². The molecule has 0 bridgehead atoms. The third-order valence-corrected chi connectivity index (χ3v) is 6.02. The highest BCUT2D eigenvalue weighted by atomic mass is 32.2. The predicted molar refractivity (Wildman–Crippen MR) is 131 cm³/mol. The van der Waals surface area contributed by atoms with Crippen LogP contribution in [0.5, 0.6) is 11.5 Å². The quantitative estimate of drug-likeness (QED) is 0.402. The Morgan fingerprint density at radius 1 is 0.971 bits per heavy atom. The monoisotopic (exact) mass is 483 g/mol. The minimum atomic E-state index is -0.333. The van der Waals surface area contributed by atoms with Crippen molar-refractivity contribution < 1.29 is 19.1 Å². The van der Waals surface area contributed by atoms with Gasteiger partial charge < -0.3 is 24.7 Å². The zero-order chi connectivity index (χ0) is 24.5. The van der Waals surface area contributed by atoms with Crippen LogP contribution in [0.15, 0.2) is 53.7 Å². The number of carbonyl (C=O) groups is 2. The Kier molecular flexibility index (Phi) is 8.92. The number of aromatic nitrogens is 3. The van der Waals surface area contributed by atoms with Gasteiger partial charge in [0.05, 0.1) is 32.4 Å². The van der Waals surface area contributed by atoms with E-state index >= 15 is 0 Å². The van der Waals surface area contributed by atoms with E-state index in [0.717, 1.165) is 17.1 Å². The summed E-state index contributed by atoms with van der Waals surface area (Å²) >= 11 is 1.30. The first-order valence-corrected chi connectivity index (χ1v) is 11.8. The number of anilines is 1. The molecule has 0 unspecified atom stereocenters. The van der Waals surface area contributed by atoms with Crippen molar-refractivity contribution in [1.29, 1.82) is 0 Å². The molecular weight excluding hydrogens is 454 g/mol. The number of benzene rings is 2. The fourth-order valence-electron chi connectivity index (χ4n) is 3.31. The van der Waals surface area contributed by atoms with Crippen molar-refractivity contribution in [2.45, 2.75) is 38.0 Å². The van der Waals surface area contributed by atoms with E-state index in [2.05, 4.69) is 20.8 Å². The van der Waals surface area contributed by atoms with Crippen LogP contribution in [0.4, 0.5) is 5.69 Å². The van der Waals surface area contributed by atoms with Crippen molar-refractivity contribution in [1.82, 2.24) is 20.1 Å². The zero-order valence-corrected chi connectivity index (χ0v) is 20.5. The maximum atomic E-state index is 12.5. The zero-order valence-electron chi connectivity index (χ0n) is 19.7. The van der Waals surface area contributed by atoms with Crippen molar-refractivity contribution in [3.63, 3.8) is 0 Å². The summed E-state index contributed by atoms with van der Waals surface area (Å²) in [7, 11) is 3.20. The van der Waals surface area contributed by atoms with Crippen LogP contribution in [0, 0.1) is 0 Å². The van der Waals surface area contributed by atoms with Gasteiger partial charge in [-0.15, -0.1) is 10.2 Å². The largest absolute Gasteiger partial charge is 0.497 e. The van der Waals surface area contributed by atoms with Crippen molar-refractivity contribution in [2.75, 3.05) is 25.3 Å². The van der Waals surface area contributed by atoms with Gasteiger partial charge in [-0.2, -0.15) is 0 Å². The number of rotatable bonds is 11. The molecular formula is C24H29N5O4S. The van der Waals surface area contributed by atoms with E-state index in [1.807, 2.05) is 42.7 Å². The topological polar surface area (TPSA) is 107 Å². The van der Waals surface area contributed by atoms with Gasteiger partial charge in [-0.25, -0.2) is 0 Å². The summed E-state index contributed by atoms with van der Waals surface area (Å²) in [5.74, 6) is 2.03. The molecule has 2 N–H and O–H groups in total. The van der Waals surface area contributed by atoms with Crippen LogP contribution >= 0.6 is 11.8 Å². The van der Waals surface area contributed by atoms with Crippen LogP contribution in [0.3, 0.4) is 0 Å². The molecule has 0 radical (unpaired) electrons. The molecule has 2 aromatic carbocycles. The van der Waals surface area contributed by atoms with Crippen LogP contribution in [0.2, 0.25) is 0 Å². The molecule has 0 fully saturated rings. The van der Waals surface area contributed by atoms with Gasteiger partial charge in [0.15, 0.2) is 11.0 Å². The van der Waals surface area contributed by atoms with Gasteiger partial charge in [0.25, 0.3) is 0 Å². The van der Waals surface area contributed by atoms with Gasteiger partial charge in [0.1, 0.15) is 11.5 Å². The molecule has 0 saturated heterocycles. The van der Waals surface area contributed by atoms with Crippen LogP contribution in [0.25, 0.3) is 0 Å². The molecule has 3 aromatic rings. The summed E-state index contributed by atoms with van der Waals surface area (Å²) in [6, 6.07) is 14.2. The first kappa shape index (κ1) is 25.1. The molecule has 0 aliphatic rings. The maximum Gasteiger partial charge on any atom is 0.234 e. The van der Waals surface area contributed by atoms with Crippen LogP contribution in [-0.2, 0) is 22.6 Å². The maximum absolute atomic E-state index is 12.5. The molecule has 9 nitrogen and oxygen atoms in total. The predicted octanol–water partition coefficient (Wildman–Crippen LogP) is 3.47. The lowest BCUT2D eigenvalue weighted by molar-refractivity contribution is -0.121. The Hall–Kier alpha value is -3.53. The van der Waals surface area contributed by atoms with Crippen molar-refractivity contribution >= 4 is 29.3 Å². The van der Waals surface area contributed by atoms with Gasteiger partial charge in [-0.1, -0.05) is 23.9 Å². The van der Waals surface area contributed by atoms with E-state index in [-0.39, 0.29) is 30.0 Å². The summed E-state index contributed by atoms with van der Waals surface area (Å²) in [5.41, 5.74) is 1.58. The first-order chi connectivity index (χ1) is 16.4. The Balaban J connectivity index is 1.55. The molecule has 180 valence electrons. The SMILES string of the molecule is CCn1c(SCC(=O)Nc2ccc(OC)cc2)nnc1[C@@H](C)NC(=O)Cc1ccc(OC)cc1. The molecule has 2 amide bonds. The standard InChI is InChI=1S/C24H29N5O4S/c1-5-29-23(16(2)25-21(30)14-17-6-10-19(32-3)11-7-17)27-28-24(29)34-15-22(31)26-18-8-12-20(33-4)13-9-18/h6-13,16H,5,14-15H2,1-4H3,(H,25,30)(H,26,31)/t16-/m1/s1. The number of hydrogen-bond donors (Lipinski definition) is 2. The Labute approximate surface area is 203 Å². The molecule has 1 atom stereocenters. The number of carbonyl (C=O) groups excluding carboxylic acids is 2. The molecule has 0 aliphatic heterocycles. The number of nitrogens with zero attached hydrogens (tertiary/aromatic N) is 3. The second kappa shape index (κ2) is 12.1. The van der Waals surface area contributed by atoms with Crippen molar-refractivity contribution in [2.24, 2.45) is 0 Å². The molecule has 10 heteroatoms. The number of ether oxygens (including phenoxy) is 2. The summed E-state index contributed by atoms with van der Waals surface area (Å²) in [6.45, 7) is 4.45. The third-order valence-electron chi connectivity index (χ3n) is 5.06. The Bertz CT molecular complexity index is 1100. The fraction of sp³-hybridized carbons (Fsp3) is 0.333. The van der Waals surface area contributed by atoms with E-state index in [0.29, 0.717) is 23.2 Å². The van der Waals surface area contributed by atoms with E-state index in [4.69, 9.17) is 9.47 Å². The van der Waals surface area contributed by atoms with Gasteiger partial charge in [0, 0.05) is 12.2 Å². The molecule has 1 aromatic heterocycles. The number of methoxy groups -OCH3 is 2. The first-order valence-electron chi connectivity index (χ1n) is 10.9. The summed E-state index contributed by atoms with van der Waals surface area (Å²) < 4.78 is 12.2. The van der Waals surface area contributed by atoms with E-state index in [1.54, 1.807) is 38.5 Å². The molecule has 0 aliphatic carbocycles. The summed E-state index contributed by atoms with van der Waals surface area (Å²) in [6.07, 6.45) is 0.252. The summed E-state index contributed by atoms with van der Waals surface area (Å²) in [4.78, 5) is 24.9. The summed E-state index contributed by atoms with van der Waals surface area (Å²) in [5, 5.41) is 14.9. The van der Waals surface area contributed by atoms with Crippen LogP contribution in [0.1, 0.15) is 31.3 Å². The molecule has 34 heavy (non-hydrogen) atoms. The average Bonchev–Trinajstić information content (AvgIpc) is 3.27. The lowest BCUT2D eigenvalue weighted by atomic mass is 10.1. The van der Waals surface area contributed by atoms with Gasteiger partial charge in [0.2, 0.25) is 11.8 Å². The second-order valence-corrected chi connectivity index (χ2v) is 8.41. The molecule has 0 saturated carbocycles. The minimum absolute atomic E-state index is 0.114. The Morgan fingerprint density at radius 2 is 1.59 bits per heavy atom. The van der Waals surface area contributed by atoms with E-state index in [9.17, 15) is 9.59 Å². The molecule has 1 heterocycles. The smallest absolute Gasteiger partial charge is 0.234 e. The highest BCUT2D eigenvalue weighted by Crippen LogP contribution is 2.22. The lowest BCUT2D eigenvalue weighted by Crippen LogP contribution is -2.30. The third kappa shape index (κ3) is 6.74. The number of hydrogen-bond acceptors (Lipinski definition) is 7. The lowest BCUT2D eigenvalue weighted by Gasteiger charge is -2.15. The number of amides is 2. The van der Waals surface area contributed by atoms with Crippen LogP contribution < -0.4 is 20.1 Å². The fourth-order valence-corrected chi connectivity index (χ4v) is 4.12. The van der Waals surface area contributed by atoms with Gasteiger partial charge in [-0.3, -0.25) is 9.59 Å². The second-order valence-electron chi connectivity index (χ2n) is 7.46. The van der Waals surface area contributed by atoms with E-state index < -0.39 is 0 Å².